The van der Waals surface area contributed by atoms with Gasteiger partial charge in [-0.25, -0.2) is 8.78 Å². The Bertz CT molecular complexity index is 317. The maximum Gasteiger partial charge on any atom is 0.265 e. The molecule has 1 N–H and O–H groups in total. The molecule has 13 heavy (non-hydrogen) atoms. The van der Waals surface area contributed by atoms with E-state index in [1.807, 2.05) is 22.6 Å². The van der Waals surface area contributed by atoms with Gasteiger partial charge in [0.2, 0.25) is 0 Å². The molecule has 5 heteroatoms. The van der Waals surface area contributed by atoms with Crippen molar-refractivity contribution in [1.82, 2.24) is 4.98 Å². The predicted octanol–water partition coefficient (Wildman–Crippen LogP) is 2.42. The molecule has 0 spiro atoms. The number of hydrogen-bond acceptors (Lipinski definition) is 2. The van der Waals surface area contributed by atoms with Crippen LogP contribution in [0.2, 0.25) is 0 Å². The van der Waals surface area contributed by atoms with Crippen LogP contribution < -0.4 is 0 Å². The van der Waals surface area contributed by atoms with E-state index >= 15 is 0 Å². The van der Waals surface area contributed by atoms with E-state index < -0.39 is 6.43 Å². The topological polar surface area (TPSA) is 33.1 Å². The van der Waals surface area contributed by atoms with Crippen LogP contribution in [0.1, 0.15) is 23.2 Å². The molecule has 0 aliphatic heterocycles. The van der Waals surface area contributed by atoms with E-state index in [0.29, 0.717) is 9.26 Å². The Morgan fingerprint density at radius 1 is 1.62 bits per heavy atom. The fourth-order valence-corrected chi connectivity index (χ4v) is 1.62. The quantitative estimate of drug-likeness (QED) is 0.851. The summed E-state index contributed by atoms with van der Waals surface area (Å²) in [6, 6.07) is 0. The van der Waals surface area contributed by atoms with E-state index in [1.165, 1.54) is 0 Å². The summed E-state index contributed by atoms with van der Waals surface area (Å²) in [5.41, 5.74) is 0.759. The first-order valence-electron chi connectivity index (χ1n) is 3.60. The van der Waals surface area contributed by atoms with Crippen molar-refractivity contribution in [1.29, 1.82) is 0 Å². The highest BCUT2D eigenvalue weighted by Gasteiger charge is 2.16. The Morgan fingerprint density at radius 2 is 2.23 bits per heavy atom. The normalized spacial score (nSPS) is 10.9. The van der Waals surface area contributed by atoms with Crippen molar-refractivity contribution >= 4 is 22.6 Å². The van der Waals surface area contributed by atoms with Gasteiger partial charge in [-0.05, 0) is 29.5 Å². The summed E-state index contributed by atoms with van der Waals surface area (Å²) < 4.78 is 25.4. The second-order valence-corrected chi connectivity index (χ2v) is 3.63. The van der Waals surface area contributed by atoms with Crippen molar-refractivity contribution in [2.45, 2.75) is 20.0 Å². The zero-order chi connectivity index (χ0) is 10.0. The summed E-state index contributed by atoms with van der Waals surface area (Å²) in [5, 5.41) is 8.91. The average Bonchev–Trinajstić information content (AvgIpc) is 2.09. The van der Waals surface area contributed by atoms with E-state index in [-0.39, 0.29) is 17.7 Å². The van der Waals surface area contributed by atoms with Gasteiger partial charge < -0.3 is 5.11 Å². The van der Waals surface area contributed by atoms with Crippen LogP contribution >= 0.6 is 22.6 Å². The van der Waals surface area contributed by atoms with E-state index in [4.69, 9.17) is 5.11 Å². The molecule has 0 radical (unpaired) electrons. The molecule has 1 aromatic heterocycles. The Kier molecular flexibility index (Phi) is 3.55. The summed E-state index contributed by atoms with van der Waals surface area (Å²) in [4.78, 5) is 3.81. The first-order valence-corrected chi connectivity index (χ1v) is 4.68. The van der Waals surface area contributed by atoms with Crippen LogP contribution in [0.15, 0.2) is 6.20 Å². The molecule has 1 rings (SSSR count). The smallest absolute Gasteiger partial charge is 0.265 e. The van der Waals surface area contributed by atoms with Gasteiger partial charge in [0.15, 0.2) is 0 Å². The Morgan fingerprint density at radius 3 is 2.69 bits per heavy atom. The van der Waals surface area contributed by atoms with Crippen LogP contribution in [-0.4, -0.2) is 10.1 Å². The Labute approximate surface area is 88.1 Å². The second kappa shape index (κ2) is 4.28. The Balaban J connectivity index is 3.30. The Hall–Kier alpha value is -0.300. The minimum Gasteiger partial charge on any atom is -0.392 e. The lowest BCUT2D eigenvalue weighted by Gasteiger charge is -2.09. The molecule has 0 saturated heterocycles. The number of aliphatic hydroxyl groups is 1. The molecule has 0 amide bonds. The van der Waals surface area contributed by atoms with Crippen LogP contribution in [0.25, 0.3) is 0 Å². The molecule has 0 aliphatic rings. The van der Waals surface area contributed by atoms with Gasteiger partial charge in [0.05, 0.1) is 12.3 Å². The third kappa shape index (κ3) is 2.14. The second-order valence-electron chi connectivity index (χ2n) is 2.55. The molecule has 0 saturated carbocycles. The van der Waals surface area contributed by atoms with Gasteiger partial charge in [0.25, 0.3) is 6.43 Å². The summed E-state index contributed by atoms with van der Waals surface area (Å²) in [5.74, 6) is 0. The number of rotatable bonds is 2. The maximum absolute atomic E-state index is 12.4. The predicted molar refractivity (Wildman–Crippen MR) is 52.6 cm³/mol. The van der Waals surface area contributed by atoms with Gasteiger partial charge >= 0.3 is 0 Å². The molecule has 0 bridgehead atoms. The van der Waals surface area contributed by atoms with E-state index in [2.05, 4.69) is 4.98 Å². The van der Waals surface area contributed by atoms with Crippen molar-refractivity contribution in [2.24, 2.45) is 0 Å². The zero-order valence-electron chi connectivity index (χ0n) is 6.89. The third-order valence-corrected chi connectivity index (χ3v) is 3.15. The van der Waals surface area contributed by atoms with Crippen molar-refractivity contribution in [3.8, 4) is 0 Å². The SMILES string of the molecule is Cc1ncc(C(F)F)c(CO)c1I. The van der Waals surface area contributed by atoms with Gasteiger partial charge in [-0.1, -0.05) is 0 Å². The number of aryl methyl sites for hydroxylation is 1. The molecule has 1 heterocycles. The minimum absolute atomic E-state index is 0.183. The highest BCUT2D eigenvalue weighted by molar-refractivity contribution is 14.1. The summed E-state index contributed by atoms with van der Waals surface area (Å²) in [6.45, 7) is 1.34. The monoisotopic (exact) mass is 299 g/mol. The standard InChI is InChI=1S/C8H8F2INO/c1-4-7(11)6(3-13)5(2-12-4)8(9)10/h2,8,13H,3H2,1H3. The highest BCUT2D eigenvalue weighted by atomic mass is 127. The van der Waals surface area contributed by atoms with Gasteiger partial charge in [-0.3, -0.25) is 4.98 Å². The number of hydrogen-bond donors (Lipinski definition) is 1. The zero-order valence-corrected chi connectivity index (χ0v) is 9.05. The van der Waals surface area contributed by atoms with Crippen LogP contribution in [-0.2, 0) is 6.61 Å². The molecule has 0 aliphatic carbocycles. The molecule has 2 nitrogen and oxygen atoms in total. The van der Waals surface area contributed by atoms with Crippen molar-refractivity contribution < 1.29 is 13.9 Å². The van der Waals surface area contributed by atoms with Gasteiger partial charge in [0.1, 0.15) is 0 Å². The van der Waals surface area contributed by atoms with E-state index in [0.717, 1.165) is 6.20 Å². The van der Waals surface area contributed by atoms with Crippen molar-refractivity contribution in [3.05, 3.63) is 26.6 Å². The lowest BCUT2D eigenvalue weighted by atomic mass is 10.1. The lowest BCUT2D eigenvalue weighted by Crippen LogP contribution is -2.02. The first-order chi connectivity index (χ1) is 6.07. The largest absolute Gasteiger partial charge is 0.392 e. The number of nitrogens with zero attached hydrogens (tertiary/aromatic N) is 1. The molecular formula is C8H8F2INO. The van der Waals surface area contributed by atoms with Gasteiger partial charge in [-0.2, -0.15) is 0 Å². The number of alkyl halides is 2. The number of halogens is 3. The van der Waals surface area contributed by atoms with E-state index in [1.54, 1.807) is 6.92 Å². The minimum atomic E-state index is -2.58. The van der Waals surface area contributed by atoms with Gasteiger partial charge in [0, 0.05) is 20.9 Å². The average molecular weight is 299 g/mol. The molecule has 0 fully saturated rings. The van der Waals surface area contributed by atoms with Crippen LogP contribution in [0.3, 0.4) is 0 Å². The molecular weight excluding hydrogens is 291 g/mol. The summed E-state index contributed by atoms with van der Waals surface area (Å²) in [7, 11) is 0. The highest BCUT2D eigenvalue weighted by Crippen LogP contribution is 2.26. The molecule has 0 atom stereocenters. The maximum atomic E-state index is 12.4. The van der Waals surface area contributed by atoms with Crippen molar-refractivity contribution in [2.75, 3.05) is 0 Å². The van der Waals surface area contributed by atoms with Crippen molar-refractivity contribution in [3.63, 3.8) is 0 Å². The third-order valence-electron chi connectivity index (χ3n) is 1.72. The first kappa shape index (κ1) is 10.8. The fourth-order valence-electron chi connectivity index (χ4n) is 0.995. The number of pyridine rings is 1. The molecule has 1 aromatic rings. The summed E-state index contributed by atoms with van der Waals surface area (Å²) in [6.07, 6.45) is -1.46. The van der Waals surface area contributed by atoms with Crippen LogP contribution in [0.5, 0.6) is 0 Å². The van der Waals surface area contributed by atoms with Crippen LogP contribution in [0.4, 0.5) is 8.78 Å². The molecule has 72 valence electrons. The van der Waals surface area contributed by atoms with E-state index in [9.17, 15) is 8.78 Å². The number of aliphatic hydroxyl groups excluding tert-OH is 1. The van der Waals surface area contributed by atoms with Crippen LogP contribution in [0, 0.1) is 10.5 Å². The molecule has 0 unspecified atom stereocenters. The fraction of sp³-hybridized carbons (Fsp3) is 0.375. The molecule has 0 aromatic carbocycles. The van der Waals surface area contributed by atoms with Gasteiger partial charge in [-0.15, -0.1) is 0 Å². The lowest BCUT2D eigenvalue weighted by molar-refractivity contribution is 0.146. The summed E-state index contributed by atoms with van der Waals surface area (Å²) >= 11 is 1.91. The number of aromatic nitrogens is 1.